The van der Waals surface area contributed by atoms with Crippen LogP contribution in [0, 0.1) is 5.82 Å². The Morgan fingerprint density at radius 1 is 1.15 bits per heavy atom. The number of hydrogen-bond donors (Lipinski definition) is 0. The molecule has 4 rings (SSSR count). The summed E-state index contributed by atoms with van der Waals surface area (Å²) in [4.78, 5) is 26.9. The standard InChI is InChI=1S/C20H17FN2O3/c21-16-6-5-15-12-22(9-10-26-18(15)11-16)19(24)13-23-8-7-14-3-1-2-4-17(14)20(23)25/h1-8,11H,9-10,12-13H2. The number of amides is 1. The van der Waals surface area contributed by atoms with Gasteiger partial charge in [-0.3, -0.25) is 9.59 Å². The predicted octanol–water partition coefficient (Wildman–Crippen LogP) is 2.56. The lowest BCUT2D eigenvalue weighted by atomic mass is 10.1. The molecule has 5 nitrogen and oxygen atoms in total. The third-order valence-electron chi connectivity index (χ3n) is 4.55. The molecule has 0 atom stereocenters. The van der Waals surface area contributed by atoms with Crippen molar-refractivity contribution >= 4 is 16.7 Å². The van der Waals surface area contributed by atoms with Gasteiger partial charge in [-0.05, 0) is 23.6 Å². The maximum absolute atomic E-state index is 13.3. The zero-order chi connectivity index (χ0) is 18.1. The lowest BCUT2D eigenvalue weighted by molar-refractivity contribution is -0.132. The Morgan fingerprint density at radius 2 is 2.00 bits per heavy atom. The second kappa shape index (κ2) is 6.63. The molecule has 3 aromatic rings. The van der Waals surface area contributed by atoms with E-state index in [-0.39, 0.29) is 30.4 Å². The van der Waals surface area contributed by atoms with Gasteiger partial charge in [0.2, 0.25) is 5.91 Å². The van der Waals surface area contributed by atoms with Crippen LogP contribution in [0.3, 0.4) is 0 Å². The van der Waals surface area contributed by atoms with Crippen LogP contribution in [0.5, 0.6) is 5.75 Å². The number of carbonyl (C=O) groups excluding carboxylic acids is 1. The van der Waals surface area contributed by atoms with E-state index < -0.39 is 0 Å². The van der Waals surface area contributed by atoms with E-state index in [1.807, 2.05) is 18.2 Å². The van der Waals surface area contributed by atoms with E-state index in [1.165, 1.54) is 16.7 Å². The Hall–Kier alpha value is -3.15. The van der Waals surface area contributed by atoms with Crippen molar-refractivity contribution in [3.05, 3.63) is 76.5 Å². The average Bonchev–Trinajstić information content (AvgIpc) is 2.86. The Balaban J connectivity index is 1.58. The molecule has 132 valence electrons. The highest BCUT2D eigenvalue weighted by atomic mass is 19.1. The molecule has 0 bridgehead atoms. The average molecular weight is 352 g/mol. The van der Waals surface area contributed by atoms with Crippen molar-refractivity contribution in [3.8, 4) is 5.75 Å². The normalized spacial score (nSPS) is 13.8. The summed E-state index contributed by atoms with van der Waals surface area (Å²) >= 11 is 0. The SMILES string of the molecule is O=C(Cn1ccc2ccccc2c1=O)N1CCOc2cc(F)ccc2C1. The van der Waals surface area contributed by atoms with E-state index in [9.17, 15) is 14.0 Å². The van der Waals surface area contributed by atoms with Crippen LogP contribution in [0.1, 0.15) is 5.56 Å². The summed E-state index contributed by atoms with van der Waals surface area (Å²) in [5, 5.41) is 1.43. The number of carbonyl (C=O) groups is 1. The van der Waals surface area contributed by atoms with Crippen molar-refractivity contribution in [2.75, 3.05) is 13.2 Å². The fraction of sp³-hybridized carbons (Fsp3) is 0.200. The summed E-state index contributed by atoms with van der Waals surface area (Å²) < 4.78 is 20.3. The van der Waals surface area contributed by atoms with Crippen molar-refractivity contribution in [1.29, 1.82) is 0 Å². The van der Waals surface area contributed by atoms with Gasteiger partial charge in [-0.1, -0.05) is 24.3 Å². The zero-order valence-corrected chi connectivity index (χ0v) is 14.0. The summed E-state index contributed by atoms with van der Waals surface area (Å²) in [5.74, 6) is -0.0856. The van der Waals surface area contributed by atoms with E-state index in [0.717, 1.165) is 10.9 Å². The summed E-state index contributed by atoms with van der Waals surface area (Å²) in [6, 6.07) is 13.4. The van der Waals surface area contributed by atoms with E-state index in [0.29, 0.717) is 24.2 Å². The lowest BCUT2D eigenvalue weighted by Crippen LogP contribution is -2.37. The summed E-state index contributed by atoms with van der Waals surface area (Å²) in [5.41, 5.74) is 0.563. The molecule has 0 unspecified atom stereocenters. The van der Waals surface area contributed by atoms with Crippen LogP contribution in [-0.2, 0) is 17.9 Å². The molecule has 1 amide bonds. The monoisotopic (exact) mass is 352 g/mol. The zero-order valence-electron chi connectivity index (χ0n) is 14.0. The van der Waals surface area contributed by atoms with Crippen LogP contribution < -0.4 is 10.3 Å². The van der Waals surface area contributed by atoms with Gasteiger partial charge in [-0.15, -0.1) is 0 Å². The van der Waals surface area contributed by atoms with Crippen LogP contribution >= 0.6 is 0 Å². The molecule has 0 saturated carbocycles. The van der Waals surface area contributed by atoms with Crippen LogP contribution in [0.4, 0.5) is 4.39 Å². The largest absolute Gasteiger partial charge is 0.491 e. The minimum Gasteiger partial charge on any atom is -0.491 e. The summed E-state index contributed by atoms with van der Waals surface area (Å²) in [7, 11) is 0. The Bertz CT molecular complexity index is 1040. The van der Waals surface area contributed by atoms with Gasteiger partial charge in [0.15, 0.2) is 0 Å². The number of benzene rings is 2. The topological polar surface area (TPSA) is 51.5 Å². The molecule has 0 fully saturated rings. The smallest absolute Gasteiger partial charge is 0.258 e. The van der Waals surface area contributed by atoms with Crippen LogP contribution in [0.2, 0.25) is 0 Å². The van der Waals surface area contributed by atoms with Crippen LogP contribution in [-0.4, -0.2) is 28.5 Å². The van der Waals surface area contributed by atoms with Gasteiger partial charge >= 0.3 is 0 Å². The second-order valence-electron chi connectivity index (χ2n) is 6.25. The molecule has 1 aliphatic heterocycles. The van der Waals surface area contributed by atoms with Gasteiger partial charge in [0.25, 0.3) is 5.56 Å². The number of aromatic nitrogens is 1. The molecule has 2 heterocycles. The van der Waals surface area contributed by atoms with Crippen molar-refractivity contribution in [3.63, 3.8) is 0 Å². The highest BCUT2D eigenvalue weighted by Crippen LogP contribution is 2.24. The minimum absolute atomic E-state index is 0.0415. The van der Waals surface area contributed by atoms with Crippen LogP contribution in [0.25, 0.3) is 10.8 Å². The number of rotatable bonds is 2. The molecule has 2 aromatic carbocycles. The van der Waals surface area contributed by atoms with E-state index >= 15 is 0 Å². The van der Waals surface area contributed by atoms with Gasteiger partial charge < -0.3 is 14.2 Å². The van der Waals surface area contributed by atoms with Gasteiger partial charge in [-0.2, -0.15) is 0 Å². The van der Waals surface area contributed by atoms with E-state index in [2.05, 4.69) is 0 Å². The highest BCUT2D eigenvalue weighted by Gasteiger charge is 2.21. The van der Waals surface area contributed by atoms with Crippen molar-refractivity contribution in [2.45, 2.75) is 13.1 Å². The fourth-order valence-corrected chi connectivity index (χ4v) is 3.16. The molecule has 0 N–H and O–H groups in total. The van der Waals surface area contributed by atoms with Crippen molar-refractivity contribution in [1.82, 2.24) is 9.47 Å². The maximum Gasteiger partial charge on any atom is 0.258 e. The summed E-state index contributed by atoms with van der Waals surface area (Å²) in [6.45, 7) is 0.962. The first-order valence-corrected chi connectivity index (χ1v) is 8.39. The second-order valence-corrected chi connectivity index (χ2v) is 6.25. The van der Waals surface area contributed by atoms with E-state index in [4.69, 9.17) is 4.74 Å². The van der Waals surface area contributed by atoms with Gasteiger partial charge in [0, 0.05) is 29.8 Å². The number of hydrogen-bond acceptors (Lipinski definition) is 3. The molecule has 6 heteroatoms. The third-order valence-corrected chi connectivity index (χ3v) is 4.55. The Kier molecular flexibility index (Phi) is 4.16. The molecule has 0 saturated heterocycles. The molecule has 0 radical (unpaired) electrons. The number of ether oxygens (including phenoxy) is 1. The quantitative estimate of drug-likeness (QED) is 0.712. The van der Waals surface area contributed by atoms with Gasteiger partial charge in [-0.25, -0.2) is 4.39 Å². The van der Waals surface area contributed by atoms with Crippen LogP contribution in [0.15, 0.2) is 59.5 Å². The first-order chi connectivity index (χ1) is 12.6. The number of nitrogens with zero attached hydrogens (tertiary/aromatic N) is 2. The van der Waals surface area contributed by atoms with Gasteiger partial charge in [0.1, 0.15) is 24.7 Å². The first kappa shape index (κ1) is 16.3. The fourth-order valence-electron chi connectivity index (χ4n) is 3.16. The predicted molar refractivity (Wildman–Crippen MR) is 95.5 cm³/mol. The molecular weight excluding hydrogens is 335 g/mol. The van der Waals surface area contributed by atoms with Crippen molar-refractivity contribution < 1.29 is 13.9 Å². The number of fused-ring (bicyclic) bond motifs is 2. The Morgan fingerprint density at radius 3 is 2.88 bits per heavy atom. The minimum atomic E-state index is -0.369. The summed E-state index contributed by atoms with van der Waals surface area (Å²) in [6.07, 6.45) is 1.64. The lowest BCUT2D eigenvalue weighted by Gasteiger charge is -2.20. The molecule has 1 aliphatic rings. The van der Waals surface area contributed by atoms with E-state index in [1.54, 1.807) is 29.3 Å². The highest BCUT2D eigenvalue weighted by molar-refractivity contribution is 5.82. The molecule has 1 aromatic heterocycles. The third kappa shape index (κ3) is 3.06. The molecular formula is C20H17FN2O3. The molecule has 26 heavy (non-hydrogen) atoms. The first-order valence-electron chi connectivity index (χ1n) is 8.39. The molecule has 0 aliphatic carbocycles. The number of pyridine rings is 1. The van der Waals surface area contributed by atoms with Gasteiger partial charge in [0.05, 0.1) is 6.54 Å². The number of halogens is 1. The maximum atomic E-state index is 13.3. The Labute approximate surface area is 149 Å². The molecule has 0 spiro atoms. The van der Waals surface area contributed by atoms with Crippen molar-refractivity contribution in [2.24, 2.45) is 0 Å².